The summed E-state index contributed by atoms with van der Waals surface area (Å²) < 4.78 is 0. The van der Waals surface area contributed by atoms with E-state index in [-0.39, 0.29) is 5.91 Å². The second kappa shape index (κ2) is 4.88. The molecule has 1 aromatic heterocycles. The first-order chi connectivity index (χ1) is 7.68. The second-order valence-corrected chi connectivity index (χ2v) is 5.19. The highest BCUT2D eigenvalue weighted by molar-refractivity contribution is 7.80. The molecule has 0 unspecified atom stereocenters. The number of thiocarbonyl (C=S) groups is 1. The average molecular weight is 255 g/mol. The third kappa shape index (κ3) is 2.38. The van der Waals surface area contributed by atoms with Gasteiger partial charge < -0.3 is 10.6 Å². The molecule has 1 amide bonds. The summed E-state index contributed by atoms with van der Waals surface area (Å²) in [7, 11) is 0. The Labute approximate surface area is 103 Å². The summed E-state index contributed by atoms with van der Waals surface area (Å²) in [4.78, 5) is 19.0. The predicted octanol–water partition coefficient (Wildman–Crippen LogP) is 1.28. The van der Waals surface area contributed by atoms with Crippen LogP contribution in [0.4, 0.5) is 0 Å². The van der Waals surface area contributed by atoms with Crippen molar-refractivity contribution in [3.8, 4) is 0 Å². The van der Waals surface area contributed by atoms with Crippen molar-refractivity contribution in [2.24, 2.45) is 11.7 Å². The molecule has 1 saturated heterocycles. The minimum atomic E-state index is 0.0730. The molecule has 0 aromatic carbocycles. The Balaban J connectivity index is 1.94. The van der Waals surface area contributed by atoms with Crippen LogP contribution < -0.4 is 5.73 Å². The van der Waals surface area contributed by atoms with Gasteiger partial charge in [0.15, 0.2) is 0 Å². The molecule has 16 heavy (non-hydrogen) atoms. The standard InChI is InChI=1S/C10H13N3OS2/c11-9(15)7-1-3-13(4-2-7)10(14)8-5-12-6-16-8/h5-7H,1-4H2,(H2,11,15). The molecule has 4 nitrogen and oxygen atoms in total. The Kier molecular flexibility index (Phi) is 3.50. The fourth-order valence-corrected chi connectivity index (χ4v) is 2.67. The van der Waals surface area contributed by atoms with Crippen LogP contribution in [0.15, 0.2) is 11.7 Å². The number of likely N-dealkylation sites (tertiary alicyclic amines) is 1. The van der Waals surface area contributed by atoms with Crippen LogP contribution in [0.2, 0.25) is 0 Å². The van der Waals surface area contributed by atoms with Crippen molar-refractivity contribution in [1.29, 1.82) is 0 Å². The van der Waals surface area contributed by atoms with Crippen LogP contribution in [0.3, 0.4) is 0 Å². The number of nitrogens with two attached hydrogens (primary N) is 1. The van der Waals surface area contributed by atoms with Gasteiger partial charge >= 0.3 is 0 Å². The lowest BCUT2D eigenvalue weighted by atomic mass is 9.97. The predicted molar refractivity (Wildman–Crippen MR) is 67.5 cm³/mol. The number of hydrogen-bond acceptors (Lipinski definition) is 4. The zero-order valence-electron chi connectivity index (χ0n) is 8.76. The van der Waals surface area contributed by atoms with Crippen molar-refractivity contribution >= 4 is 34.5 Å². The number of carbonyl (C=O) groups is 1. The summed E-state index contributed by atoms with van der Waals surface area (Å²) in [6.45, 7) is 1.47. The van der Waals surface area contributed by atoms with E-state index in [1.54, 1.807) is 11.7 Å². The number of rotatable bonds is 2. The highest BCUT2D eigenvalue weighted by Gasteiger charge is 2.25. The number of carbonyl (C=O) groups excluding carboxylic acids is 1. The molecule has 0 radical (unpaired) electrons. The molecule has 2 N–H and O–H groups in total. The van der Waals surface area contributed by atoms with E-state index in [1.807, 2.05) is 4.90 Å². The topological polar surface area (TPSA) is 59.2 Å². The summed E-state index contributed by atoms with van der Waals surface area (Å²) >= 11 is 6.34. The summed E-state index contributed by atoms with van der Waals surface area (Å²) in [6, 6.07) is 0. The molecule has 1 aliphatic heterocycles. The van der Waals surface area contributed by atoms with Gasteiger partial charge in [-0.2, -0.15) is 0 Å². The summed E-state index contributed by atoms with van der Waals surface area (Å²) in [5, 5.41) is 0. The molecule has 1 fully saturated rings. The number of aromatic nitrogens is 1. The maximum absolute atomic E-state index is 12.0. The zero-order valence-corrected chi connectivity index (χ0v) is 10.4. The number of hydrogen-bond donors (Lipinski definition) is 1. The normalized spacial score (nSPS) is 17.4. The molecule has 0 atom stereocenters. The van der Waals surface area contributed by atoms with E-state index in [0.29, 0.717) is 15.8 Å². The van der Waals surface area contributed by atoms with Crippen LogP contribution in [-0.2, 0) is 0 Å². The number of amides is 1. The Bertz CT molecular complexity index is 383. The summed E-state index contributed by atoms with van der Waals surface area (Å²) in [5.74, 6) is 0.365. The van der Waals surface area contributed by atoms with Crippen LogP contribution >= 0.6 is 23.6 Å². The molecular formula is C10H13N3OS2. The lowest BCUT2D eigenvalue weighted by Gasteiger charge is -2.31. The largest absolute Gasteiger partial charge is 0.393 e. The summed E-state index contributed by atoms with van der Waals surface area (Å²) in [6.07, 6.45) is 3.37. The van der Waals surface area contributed by atoms with E-state index in [0.717, 1.165) is 25.9 Å². The molecule has 1 aromatic rings. The maximum Gasteiger partial charge on any atom is 0.265 e. The van der Waals surface area contributed by atoms with Crippen molar-refractivity contribution in [2.75, 3.05) is 13.1 Å². The molecule has 86 valence electrons. The van der Waals surface area contributed by atoms with Crippen LogP contribution in [0.1, 0.15) is 22.5 Å². The van der Waals surface area contributed by atoms with Crippen molar-refractivity contribution in [3.05, 3.63) is 16.6 Å². The van der Waals surface area contributed by atoms with E-state index in [1.165, 1.54) is 11.3 Å². The minimum Gasteiger partial charge on any atom is -0.393 e. The molecule has 1 aliphatic rings. The first-order valence-corrected chi connectivity index (χ1v) is 6.44. The van der Waals surface area contributed by atoms with Crippen LogP contribution in [-0.4, -0.2) is 33.9 Å². The van der Waals surface area contributed by atoms with Gasteiger partial charge in [-0.15, -0.1) is 11.3 Å². The van der Waals surface area contributed by atoms with Gasteiger partial charge in [0.05, 0.1) is 16.7 Å². The Hall–Kier alpha value is -1.01. The zero-order chi connectivity index (χ0) is 11.5. The van der Waals surface area contributed by atoms with Gasteiger partial charge in [-0.25, -0.2) is 0 Å². The monoisotopic (exact) mass is 255 g/mol. The van der Waals surface area contributed by atoms with Crippen molar-refractivity contribution in [1.82, 2.24) is 9.88 Å². The van der Waals surface area contributed by atoms with Crippen LogP contribution in [0, 0.1) is 5.92 Å². The van der Waals surface area contributed by atoms with Gasteiger partial charge in [0.25, 0.3) is 5.91 Å². The quantitative estimate of drug-likeness (QED) is 0.809. The van der Waals surface area contributed by atoms with E-state index >= 15 is 0 Å². The molecule has 2 heterocycles. The van der Waals surface area contributed by atoms with Gasteiger partial charge in [-0.05, 0) is 12.8 Å². The molecular weight excluding hydrogens is 242 g/mol. The lowest BCUT2D eigenvalue weighted by Crippen LogP contribution is -2.41. The smallest absolute Gasteiger partial charge is 0.265 e. The highest BCUT2D eigenvalue weighted by Crippen LogP contribution is 2.20. The maximum atomic E-state index is 12.0. The average Bonchev–Trinajstić information content (AvgIpc) is 2.81. The Morgan fingerprint density at radius 3 is 2.75 bits per heavy atom. The Morgan fingerprint density at radius 2 is 2.25 bits per heavy atom. The molecule has 2 rings (SSSR count). The van der Waals surface area contributed by atoms with Gasteiger partial charge in [0.1, 0.15) is 4.88 Å². The van der Waals surface area contributed by atoms with Gasteiger partial charge in [0, 0.05) is 19.0 Å². The minimum absolute atomic E-state index is 0.0730. The van der Waals surface area contributed by atoms with Crippen LogP contribution in [0.25, 0.3) is 0 Å². The molecule has 0 spiro atoms. The number of nitrogens with zero attached hydrogens (tertiary/aromatic N) is 2. The third-order valence-corrected chi connectivity index (χ3v) is 3.92. The summed E-state index contributed by atoms with van der Waals surface area (Å²) in [5.41, 5.74) is 7.28. The van der Waals surface area contributed by atoms with Crippen molar-refractivity contribution in [2.45, 2.75) is 12.8 Å². The molecule has 0 saturated carbocycles. The molecule has 0 aliphatic carbocycles. The van der Waals surface area contributed by atoms with Crippen LogP contribution in [0.5, 0.6) is 0 Å². The highest BCUT2D eigenvalue weighted by atomic mass is 32.1. The van der Waals surface area contributed by atoms with Crippen molar-refractivity contribution < 1.29 is 4.79 Å². The van der Waals surface area contributed by atoms with E-state index in [4.69, 9.17) is 18.0 Å². The van der Waals surface area contributed by atoms with Gasteiger partial charge in [-0.1, -0.05) is 12.2 Å². The van der Waals surface area contributed by atoms with Crippen molar-refractivity contribution in [3.63, 3.8) is 0 Å². The fraction of sp³-hybridized carbons (Fsp3) is 0.500. The molecule has 0 bridgehead atoms. The molecule has 6 heteroatoms. The SMILES string of the molecule is NC(=S)C1CCN(C(=O)c2cncs2)CC1. The van der Waals surface area contributed by atoms with E-state index in [2.05, 4.69) is 4.98 Å². The second-order valence-electron chi connectivity index (χ2n) is 3.83. The number of thiazole rings is 1. The third-order valence-electron chi connectivity index (χ3n) is 2.83. The first kappa shape index (κ1) is 11.5. The fourth-order valence-electron chi connectivity index (χ4n) is 1.84. The Morgan fingerprint density at radius 1 is 1.56 bits per heavy atom. The van der Waals surface area contributed by atoms with Gasteiger partial charge in [-0.3, -0.25) is 9.78 Å². The first-order valence-electron chi connectivity index (χ1n) is 5.15. The lowest BCUT2D eigenvalue weighted by molar-refractivity contribution is 0.0715. The number of piperidine rings is 1. The van der Waals surface area contributed by atoms with Gasteiger partial charge in [0.2, 0.25) is 0 Å². The van der Waals surface area contributed by atoms with E-state index < -0.39 is 0 Å². The van der Waals surface area contributed by atoms with E-state index in [9.17, 15) is 4.79 Å².